The van der Waals surface area contributed by atoms with Crippen molar-refractivity contribution in [3.63, 3.8) is 0 Å². The standard InChI is InChI=1S/C17H24F2N2O/c1-12(2)9-14(21-7-3-4-8-21)11-20-17(22)13-5-6-15(18)16(19)10-13/h5-6,10,12,14H,3-4,7-9,11H2,1-2H3,(H,20,22). The predicted molar refractivity (Wildman–Crippen MR) is 82.7 cm³/mol. The SMILES string of the molecule is CC(C)CC(CNC(=O)c1ccc(F)c(F)c1)N1CCCC1. The summed E-state index contributed by atoms with van der Waals surface area (Å²) in [5.74, 6) is -1.74. The van der Waals surface area contributed by atoms with E-state index in [0.29, 0.717) is 18.5 Å². The van der Waals surface area contributed by atoms with Gasteiger partial charge >= 0.3 is 0 Å². The van der Waals surface area contributed by atoms with E-state index < -0.39 is 11.6 Å². The van der Waals surface area contributed by atoms with Crippen molar-refractivity contribution in [1.29, 1.82) is 0 Å². The third-order valence-electron chi connectivity index (χ3n) is 4.08. The van der Waals surface area contributed by atoms with Gasteiger partial charge in [-0.3, -0.25) is 9.69 Å². The van der Waals surface area contributed by atoms with E-state index in [0.717, 1.165) is 31.6 Å². The van der Waals surface area contributed by atoms with Crippen molar-refractivity contribution in [1.82, 2.24) is 10.2 Å². The molecular weight excluding hydrogens is 286 g/mol. The third-order valence-corrected chi connectivity index (χ3v) is 4.08. The third kappa shape index (κ3) is 4.50. The lowest BCUT2D eigenvalue weighted by Gasteiger charge is -2.29. The second-order valence-corrected chi connectivity index (χ2v) is 6.37. The molecule has 0 saturated carbocycles. The summed E-state index contributed by atoms with van der Waals surface area (Å²) in [4.78, 5) is 14.5. The van der Waals surface area contributed by atoms with Gasteiger partial charge in [-0.1, -0.05) is 13.8 Å². The molecule has 1 saturated heterocycles. The van der Waals surface area contributed by atoms with Crippen molar-refractivity contribution in [3.8, 4) is 0 Å². The lowest BCUT2D eigenvalue weighted by molar-refractivity contribution is 0.0932. The summed E-state index contributed by atoms with van der Waals surface area (Å²) in [7, 11) is 0. The number of hydrogen-bond acceptors (Lipinski definition) is 2. The molecule has 1 atom stereocenters. The largest absolute Gasteiger partial charge is 0.350 e. The van der Waals surface area contributed by atoms with Gasteiger partial charge in [-0.15, -0.1) is 0 Å². The molecule has 2 rings (SSSR count). The highest BCUT2D eigenvalue weighted by molar-refractivity contribution is 5.94. The van der Waals surface area contributed by atoms with Gasteiger partial charge in [0.1, 0.15) is 0 Å². The van der Waals surface area contributed by atoms with E-state index in [1.165, 1.54) is 18.9 Å². The highest BCUT2D eigenvalue weighted by Crippen LogP contribution is 2.17. The van der Waals surface area contributed by atoms with Crippen LogP contribution in [-0.2, 0) is 0 Å². The molecule has 0 radical (unpaired) electrons. The van der Waals surface area contributed by atoms with Gasteiger partial charge in [0.25, 0.3) is 5.91 Å². The number of rotatable bonds is 6. The summed E-state index contributed by atoms with van der Waals surface area (Å²) in [5.41, 5.74) is 0.156. The smallest absolute Gasteiger partial charge is 0.251 e. The molecule has 1 aromatic carbocycles. The monoisotopic (exact) mass is 310 g/mol. The minimum atomic E-state index is -0.995. The number of likely N-dealkylation sites (tertiary alicyclic amines) is 1. The number of nitrogens with zero attached hydrogens (tertiary/aromatic N) is 1. The molecule has 1 unspecified atom stereocenters. The van der Waals surface area contributed by atoms with Gasteiger partial charge in [0, 0.05) is 18.2 Å². The van der Waals surface area contributed by atoms with Crippen molar-refractivity contribution in [2.45, 2.75) is 39.2 Å². The van der Waals surface area contributed by atoms with Crippen LogP contribution in [0.25, 0.3) is 0 Å². The van der Waals surface area contributed by atoms with Crippen LogP contribution in [0.2, 0.25) is 0 Å². The molecule has 1 heterocycles. The van der Waals surface area contributed by atoms with E-state index in [2.05, 4.69) is 24.1 Å². The first-order valence-corrected chi connectivity index (χ1v) is 7.94. The predicted octanol–water partition coefficient (Wildman–Crippen LogP) is 3.21. The van der Waals surface area contributed by atoms with Crippen molar-refractivity contribution in [2.24, 2.45) is 5.92 Å². The van der Waals surface area contributed by atoms with Crippen LogP contribution in [-0.4, -0.2) is 36.5 Å². The summed E-state index contributed by atoms with van der Waals surface area (Å²) in [6.45, 7) is 7.01. The van der Waals surface area contributed by atoms with Crippen LogP contribution in [0.5, 0.6) is 0 Å². The average molecular weight is 310 g/mol. The Hall–Kier alpha value is -1.49. The maximum absolute atomic E-state index is 13.2. The number of carbonyl (C=O) groups excluding carboxylic acids is 1. The summed E-state index contributed by atoms with van der Waals surface area (Å²) < 4.78 is 26.1. The van der Waals surface area contributed by atoms with Gasteiger partial charge in [0.05, 0.1) is 0 Å². The average Bonchev–Trinajstić information content (AvgIpc) is 2.99. The fourth-order valence-corrected chi connectivity index (χ4v) is 2.96. The van der Waals surface area contributed by atoms with Crippen LogP contribution in [0, 0.1) is 17.6 Å². The summed E-state index contributed by atoms with van der Waals surface area (Å²) in [6.07, 6.45) is 3.41. The maximum Gasteiger partial charge on any atom is 0.251 e. The number of amides is 1. The molecule has 22 heavy (non-hydrogen) atoms. The van der Waals surface area contributed by atoms with Gasteiger partial charge in [-0.25, -0.2) is 8.78 Å². The molecule has 0 bridgehead atoms. The van der Waals surface area contributed by atoms with Crippen LogP contribution in [0.3, 0.4) is 0 Å². The van der Waals surface area contributed by atoms with E-state index in [9.17, 15) is 13.6 Å². The van der Waals surface area contributed by atoms with E-state index in [1.54, 1.807) is 0 Å². The molecule has 3 nitrogen and oxygen atoms in total. The van der Waals surface area contributed by atoms with Gasteiger partial charge in [0.2, 0.25) is 0 Å². The van der Waals surface area contributed by atoms with Crippen molar-refractivity contribution in [3.05, 3.63) is 35.4 Å². The van der Waals surface area contributed by atoms with Crippen LogP contribution in [0.4, 0.5) is 8.78 Å². The van der Waals surface area contributed by atoms with Gasteiger partial charge in [-0.2, -0.15) is 0 Å². The normalized spacial score (nSPS) is 17.0. The van der Waals surface area contributed by atoms with E-state index in [-0.39, 0.29) is 11.5 Å². The Bertz CT molecular complexity index is 513. The van der Waals surface area contributed by atoms with Crippen LogP contribution in [0.15, 0.2) is 18.2 Å². The second-order valence-electron chi connectivity index (χ2n) is 6.37. The number of halogens is 2. The minimum Gasteiger partial charge on any atom is -0.350 e. The molecule has 0 aromatic heterocycles. The fourth-order valence-electron chi connectivity index (χ4n) is 2.96. The summed E-state index contributed by atoms with van der Waals surface area (Å²) >= 11 is 0. The number of carbonyl (C=O) groups is 1. The van der Waals surface area contributed by atoms with Crippen molar-refractivity contribution >= 4 is 5.91 Å². The second kappa shape index (κ2) is 7.68. The lowest BCUT2D eigenvalue weighted by Crippen LogP contribution is -2.43. The zero-order chi connectivity index (χ0) is 16.1. The van der Waals surface area contributed by atoms with Gasteiger partial charge in [-0.05, 0) is 56.5 Å². The van der Waals surface area contributed by atoms with Crippen LogP contribution >= 0.6 is 0 Å². The minimum absolute atomic E-state index is 0.156. The lowest BCUT2D eigenvalue weighted by atomic mass is 10.0. The highest BCUT2D eigenvalue weighted by atomic mass is 19.2. The molecule has 1 amide bonds. The molecule has 0 aliphatic carbocycles. The van der Waals surface area contributed by atoms with Gasteiger partial charge in [0.15, 0.2) is 11.6 Å². The molecule has 0 spiro atoms. The molecule has 1 aliphatic heterocycles. The van der Waals surface area contributed by atoms with E-state index in [4.69, 9.17) is 0 Å². The number of benzene rings is 1. The first-order valence-electron chi connectivity index (χ1n) is 7.94. The van der Waals surface area contributed by atoms with E-state index >= 15 is 0 Å². The molecule has 5 heteroatoms. The van der Waals surface area contributed by atoms with Crippen molar-refractivity contribution in [2.75, 3.05) is 19.6 Å². The zero-order valence-corrected chi connectivity index (χ0v) is 13.2. The Morgan fingerprint density at radius 1 is 1.23 bits per heavy atom. The summed E-state index contributed by atoms with van der Waals surface area (Å²) in [6, 6.07) is 3.53. The number of nitrogens with one attached hydrogen (secondary N) is 1. The first-order chi connectivity index (χ1) is 10.5. The van der Waals surface area contributed by atoms with Crippen LogP contribution in [0.1, 0.15) is 43.5 Å². The molecule has 1 fully saturated rings. The van der Waals surface area contributed by atoms with Gasteiger partial charge < -0.3 is 5.32 Å². The molecule has 1 N–H and O–H groups in total. The highest BCUT2D eigenvalue weighted by Gasteiger charge is 2.23. The fraction of sp³-hybridized carbons (Fsp3) is 0.588. The molecule has 1 aromatic rings. The Morgan fingerprint density at radius 2 is 1.91 bits per heavy atom. The zero-order valence-electron chi connectivity index (χ0n) is 13.2. The van der Waals surface area contributed by atoms with Crippen molar-refractivity contribution < 1.29 is 13.6 Å². The molecule has 1 aliphatic rings. The Morgan fingerprint density at radius 3 is 2.50 bits per heavy atom. The Kier molecular flexibility index (Phi) is 5.89. The molecular formula is C17H24F2N2O. The Balaban J connectivity index is 1.95. The maximum atomic E-state index is 13.2. The Labute approximate surface area is 130 Å². The first kappa shape index (κ1) is 16.9. The number of hydrogen-bond donors (Lipinski definition) is 1. The quantitative estimate of drug-likeness (QED) is 0.875. The molecule has 122 valence electrons. The topological polar surface area (TPSA) is 32.3 Å². The van der Waals surface area contributed by atoms with E-state index in [1.807, 2.05) is 0 Å². The summed E-state index contributed by atoms with van der Waals surface area (Å²) in [5, 5.41) is 2.86. The van der Waals surface area contributed by atoms with Crippen LogP contribution < -0.4 is 5.32 Å².